The fourth-order valence-corrected chi connectivity index (χ4v) is 4.10. The Morgan fingerprint density at radius 2 is 1.95 bits per heavy atom. The predicted molar refractivity (Wildman–Crippen MR) is 94.1 cm³/mol. The number of hydrogen-bond donors (Lipinski definition) is 1. The first kappa shape index (κ1) is 17.7. The van der Waals surface area contributed by atoms with Crippen LogP contribution in [0.25, 0.3) is 0 Å². The van der Waals surface area contributed by atoms with Crippen molar-refractivity contribution in [2.75, 3.05) is 13.1 Å². The van der Waals surface area contributed by atoms with E-state index < -0.39 is 0 Å². The molecule has 0 saturated heterocycles. The standard InChI is InChI=1S/C15H25Br2NS/c1-11(2)10-18-8-7-15(3,4)6-5-12-9-13(16)14(17)19-12/h9,11,18H,5-8,10H2,1-4H3. The van der Waals surface area contributed by atoms with Crippen molar-refractivity contribution in [3.8, 4) is 0 Å². The average molecular weight is 411 g/mol. The van der Waals surface area contributed by atoms with E-state index in [-0.39, 0.29) is 0 Å². The lowest BCUT2D eigenvalue weighted by Crippen LogP contribution is -2.25. The van der Waals surface area contributed by atoms with Crippen LogP contribution in [0.2, 0.25) is 0 Å². The molecule has 1 aromatic heterocycles. The Morgan fingerprint density at radius 3 is 2.47 bits per heavy atom. The summed E-state index contributed by atoms with van der Waals surface area (Å²) in [5.41, 5.74) is 0.410. The van der Waals surface area contributed by atoms with E-state index in [9.17, 15) is 0 Å². The largest absolute Gasteiger partial charge is 0.316 e. The summed E-state index contributed by atoms with van der Waals surface area (Å²) in [4.78, 5) is 1.46. The lowest BCUT2D eigenvalue weighted by atomic mass is 9.84. The van der Waals surface area contributed by atoms with E-state index in [0.717, 1.165) is 19.0 Å². The molecule has 0 aliphatic carbocycles. The van der Waals surface area contributed by atoms with Crippen molar-refractivity contribution in [3.05, 3.63) is 19.2 Å². The highest BCUT2D eigenvalue weighted by molar-refractivity contribution is 9.13. The minimum atomic E-state index is 0.410. The quantitative estimate of drug-likeness (QED) is 0.528. The van der Waals surface area contributed by atoms with E-state index >= 15 is 0 Å². The van der Waals surface area contributed by atoms with Gasteiger partial charge in [0, 0.05) is 9.35 Å². The summed E-state index contributed by atoms with van der Waals surface area (Å²) in [5.74, 6) is 0.740. The van der Waals surface area contributed by atoms with Gasteiger partial charge in [0.05, 0.1) is 3.79 Å². The van der Waals surface area contributed by atoms with Gasteiger partial charge in [-0.3, -0.25) is 0 Å². The van der Waals surface area contributed by atoms with Gasteiger partial charge >= 0.3 is 0 Å². The molecule has 0 fully saturated rings. The van der Waals surface area contributed by atoms with Gasteiger partial charge in [0.15, 0.2) is 0 Å². The van der Waals surface area contributed by atoms with Crippen molar-refractivity contribution in [3.63, 3.8) is 0 Å². The van der Waals surface area contributed by atoms with Crippen LogP contribution in [-0.2, 0) is 6.42 Å². The molecule has 0 saturated carbocycles. The summed E-state index contributed by atoms with van der Waals surface area (Å²) < 4.78 is 2.39. The van der Waals surface area contributed by atoms with E-state index in [4.69, 9.17) is 0 Å². The molecule has 0 aromatic carbocycles. The average Bonchev–Trinajstić information content (AvgIpc) is 2.62. The molecule has 19 heavy (non-hydrogen) atoms. The third-order valence-electron chi connectivity index (χ3n) is 3.28. The van der Waals surface area contributed by atoms with Crippen LogP contribution in [0.5, 0.6) is 0 Å². The molecule has 0 aliphatic rings. The molecule has 1 aromatic rings. The molecule has 1 nitrogen and oxygen atoms in total. The maximum absolute atomic E-state index is 3.56. The van der Waals surface area contributed by atoms with Crippen molar-refractivity contribution in [2.45, 2.75) is 47.0 Å². The fraction of sp³-hybridized carbons (Fsp3) is 0.733. The summed E-state index contributed by atoms with van der Waals surface area (Å²) >= 11 is 8.96. The summed E-state index contributed by atoms with van der Waals surface area (Å²) in [5, 5.41) is 3.54. The molecule has 1 heterocycles. The van der Waals surface area contributed by atoms with Crippen LogP contribution in [0.1, 0.15) is 45.4 Å². The smallest absolute Gasteiger partial charge is 0.0843 e. The zero-order valence-electron chi connectivity index (χ0n) is 12.4. The molecule has 1 N–H and O–H groups in total. The maximum Gasteiger partial charge on any atom is 0.0843 e. The Kier molecular flexibility index (Phi) is 7.59. The molecule has 0 radical (unpaired) electrons. The molecular weight excluding hydrogens is 386 g/mol. The number of hydrogen-bond acceptors (Lipinski definition) is 2. The monoisotopic (exact) mass is 409 g/mol. The van der Waals surface area contributed by atoms with E-state index in [1.54, 1.807) is 0 Å². The summed E-state index contributed by atoms with van der Waals surface area (Å²) in [6.45, 7) is 11.5. The van der Waals surface area contributed by atoms with Crippen molar-refractivity contribution in [2.24, 2.45) is 11.3 Å². The molecule has 0 aliphatic heterocycles. The second-order valence-corrected chi connectivity index (χ2v) is 9.66. The number of aryl methyl sites for hydroxylation is 1. The maximum atomic E-state index is 3.56. The topological polar surface area (TPSA) is 12.0 Å². The first-order valence-electron chi connectivity index (χ1n) is 6.94. The minimum absolute atomic E-state index is 0.410. The van der Waals surface area contributed by atoms with Crippen molar-refractivity contribution in [1.82, 2.24) is 5.32 Å². The molecule has 1 rings (SSSR count). The lowest BCUT2D eigenvalue weighted by Gasteiger charge is -2.24. The first-order valence-corrected chi connectivity index (χ1v) is 9.35. The van der Waals surface area contributed by atoms with Gasteiger partial charge in [-0.05, 0) is 81.6 Å². The van der Waals surface area contributed by atoms with Gasteiger partial charge < -0.3 is 5.32 Å². The molecule has 0 amide bonds. The van der Waals surface area contributed by atoms with Crippen LogP contribution in [0.4, 0.5) is 0 Å². The van der Waals surface area contributed by atoms with Gasteiger partial charge in [0.25, 0.3) is 0 Å². The van der Waals surface area contributed by atoms with Crippen LogP contribution in [0.15, 0.2) is 14.3 Å². The van der Waals surface area contributed by atoms with Gasteiger partial charge in [0.2, 0.25) is 0 Å². The highest BCUT2D eigenvalue weighted by Crippen LogP contribution is 2.35. The summed E-state index contributed by atoms with van der Waals surface area (Å²) in [6.07, 6.45) is 3.66. The fourth-order valence-electron chi connectivity index (χ4n) is 1.92. The first-order chi connectivity index (χ1) is 8.80. The summed E-state index contributed by atoms with van der Waals surface area (Å²) in [6, 6.07) is 2.24. The zero-order valence-corrected chi connectivity index (χ0v) is 16.3. The molecule has 0 unspecified atom stereocenters. The van der Waals surface area contributed by atoms with E-state index in [0.29, 0.717) is 5.41 Å². The molecular formula is C15H25Br2NS. The third kappa shape index (κ3) is 7.26. The van der Waals surface area contributed by atoms with Crippen LogP contribution in [0.3, 0.4) is 0 Å². The second kappa shape index (κ2) is 8.16. The van der Waals surface area contributed by atoms with Crippen LogP contribution in [0, 0.1) is 11.3 Å². The van der Waals surface area contributed by atoms with Crippen LogP contribution in [-0.4, -0.2) is 13.1 Å². The number of rotatable bonds is 8. The number of halogens is 2. The van der Waals surface area contributed by atoms with Crippen molar-refractivity contribution < 1.29 is 0 Å². The van der Waals surface area contributed by atoms with Crippen molar-refractivity contribution >= 4 is 43.2 Å². The van der Waals surface area contributed by atoms with E-state index in [1.165, 1.54) is 32.4 Å². The Morgan fingerprint density at radius 1 is 1.26 bits per heavy atom. The Hall–Kier alpha value is 0.620. The Balaban J connectivity index is 2.29. The molecule has 0 bridgehead atoms. The Labute approximate surface area is 138 Å². The highest BCUT2D eigenvalue weighted by atomic mass is 79.9. The normalized spacial score (nSPS) is 12.4. The predicted octanol–water partition coefficient (Wildman–Crippen LogP) is 5.87. The van der Waals surface area contributed by atoms with Gasteiger partial charge in [0.1, 0.15) is 0 Å². The Bertz CT molecular complexity index is 366. The number of nitrogens with one attached hydrogen (secondary N) is 1. The lowest BCUT2D eigenvalue weighted by molar-refractivity contribution is 0.300. The van der Waals surface area contributed by atoms with Crippen LogP contribution < -0.4 is 5.32 Å². The van der Waals surface area contributed by atoms with Gasteiger partial charge in [-0.1, -0.05) is 27.7 Å². The van der Waals surface area contributed by atoms with Gasteiger partial charge in [-0.2, -0.15) is 0 Å². The SMILES string of the molecule is CC(C)CNCCC(C)(C)CCc1cc(Br)c(Br)s1. The molecule has 0 spiro atoms. The zero-order chi connectivity index (χ0) is 14.5. The molecule has 110 valence electrons. The van der Waals surface area contributed by atoms with Crippen molar-refractivity contribution in [1.29, 1.82) is 0 Å². The summed E-state index contributed by atoms with van der Waals surface area (Å²) in [7, 11) is 0. The second-order valence-electron chi connectivity index (χ2n) is 6.35. The van der Waals surface area contributed by atoms with Gasteiger partial charge in [-0.15, -0.1) is 11.3 Å². The minimum Gasteiger partial charge on any atom is -0.316 e. The van der Waals surface area contributed by atoms with Crippen LogP contribution >= 0.6 is 43.2 Å². The molecule has 0 atom stereocenters. The van der Waals surface area contributed by atoms with E-state index in [1.807, 2.05) is 11.3 Å². The number of thiophene rings is 1. The van der Waals surface area contributed by atoms with E-state index in [2.05, 4.69) is 70.9 Å². The highest BCUT2D eigenvalue weighted by Gasteiger charge is 2.18. The third-order valence-corrected chi connectivity index (χ3v) is 6.59. The van der Waals surface area contributed by atoms with Gasteiger partial charge in [-0.25, -0.2) is 0 Å². The molecule has 4 heteroatoms.